The van der Waals surface area contributed by atoms with Gasteiger partial charge in [0.2, 0.25) is 0 Å². The second-order valence-corrected chi connectivity index (χ2v) is 3.27. The summed E-state index contributed by atoms with van der Waals surface area (Å²) >= 11 is 0. The Hall–Kier alpha value is -0.120. The quantitative estimate of drug-likeness (QED) is 0.639. The summed E-state index contributed by atoms with van der Waals surface area (Å²) in [5.74, 6) is 0. The Morgan fingerprint density at radius 2 is 2.27 bits per heavy atom. The molecule has 0 aromatic rings. The minimum Gasteiger partial charge on any atom is -0.374 e. The van der Waals surface area contributed by atoms with E-state index in [1.807, 2.05) is 13.8 Å². The summed E-state index contributed by atoms with van der Waals surface area (Å²) in [5, 5.41) is 0. The highest BCUT2D eigenvalue weighted by Gasteiger charge is 2.43. The predicted molar refractivity (Wildman–Crippen MR) is 43.4 cm³/mol. The number of nitrogens with two attached hydrogens (primary N) is 1. The topological polar surface area (TPSA) is 44.5 Å². The van der Waals surface area contributed by atoms with Gasteiger partial charge in [0, 0.05) is 20.1 Å². The zero-order valence-electron chi connectivity index (χ0n) is 7.46. The van der Waals surface area contributed by atoms with Crippen molar-refractivity contribution in [1.29, 1.82) is 0 Å². The third-order valence-corrected chi connectivity index (χ3v) is 2.56. The summed E-state index contributed by atoms with van der Waals surface area (Å²) < 4.78 is 10.9. The second-order valence-electron chi connectivity index (χ2n) is 3.27. The molecule has 3 atom stereocenters. The van der Waals surface area contributed by atoms with Crippen molar-refractivity contribution in [3.8, 4) is 0 Å². The highest BCUT2D eigenvalue weighted by Crippen LogP contribution is 2.32. The van der Waals surface area contributed by atoms with E-state index >= 15 is 0 Å². The van der Waals surface area contributed by atoms with Gasteiger partial charge in [0.15, 0.2) is 0 Å². The van der Waals surface area contributed by atoms with Crippen molar-refractivity contribution in [2.75, 3.05) is 13.7 Å². The van der Waals surface area contributed by atoms with E-state index < -0.39 is 0 Å². The Kier molecular flexibility index (Phi) is 2.52. The van der Waals surface area contributed by atoms with Crippen LogP contribution in [-0.2, 0) is 9.47 Å². The molecular weight excluding hydrogens is 142 g/mol. The predicted octanol–water partition coefficient (Wildman–Crippen LogP) is 0.528. The molecule has 0 aliphatic carbocycles. The normalized spacial score (nSPS) is 44.7. The molecule has 1 saturated heterocycles. The number of hydrogen-bond donors (Lipinski definition) is 1. The first-order chi connectivity index (χ1) is 5.14. The van der Waals surface area contributed by atoms with Crippen LogP contribution in [0.5, 0.6) is 0 Å². The van der Waals surface area contributed by atoms with E-state index in [0.717, 1.165) is 6.42 Å². The van der Waals surface area contributed by atoms with Gasteiger partial charge in [0.1, 0.15) is 5.60 Å². The first-order valence-electron chi connectivity index (χ1n) is 4.05. The van der Waals surface area contributed by atoms with Gasteiger partial charge >= 0.3 is 0 Å². The van der Waals surface area contributed by atoms with Crippen molar-refractivity contribution >= 4 is 0 Å². The Bertz CT molecular complexity index is 134. The van der Waals surface area contributed by atoms with Gasteiger partial charge in [-0.3, -0.25) is 0 Å². The van der Waals surface area contributed by atoms with Crippen molar-refractivity contribution in [3.05, 3.63) is 0 Å². The second kappa shape index (κ2) is 3.09. The van der Waals surface area contributed by atoms with E-state index in [1.165, 1.54) is 0 Å². The molecule has 3 nitrogen and oxygen atoms in total. The monoisotopic (exact) mass is 159 g/mol. The zero-order chi connectivity index (χ0) is 8.48. The van der Waals surface area contributed by atoms with E-state index in [2.05, 4.69) is 0 Å². The van der Waals surface area contributed by atoms with Gasteiger partial charge in [-0.1, -0.05) is 0 Å². The maximum atomic E-state index is 5.63. The van der Waals surface area contributed by atoms with E-state index in [4.69, 9.17) is 15.2 Å². The third kappa shape index (κ3) is 1.41. The maximum Gasteiger partial charge on any atom is 0.108 e. The van der Waals surface area contributed by atoms with E-state index in [9.17, 15) is 0 Å². The first-order valence-corrected chi connectivity index (χ1v) is 4.05. The summed E-state index contributed by atoms with van der Waals surface area (Å²) in [6.45, 7) is 4.60. The third-order valence-electron chi connectivity index (χ3n) is 2.56. The van der Waals surface area contributed by atoms with Crippen LogP contribution in [0.1, 0.15) is 20.3 Å². The van der Waals surface area contributed by atoms with Crippen LogP contribution in [0.3, 0.4) is 0 Å². The van der Waals surface area contributed by atoms with Crippen LogP contribution in [0.4, 0.5) is 0 Å². The lowest BCUT2D eigenvalue weighted by molar-refractivity contribution is -0.0574. The molecule has 1 fully saturated rings. The molecule has 11 heavy (non-hydrogen) atoms. The van der Waals surface area contributed by atoms with Crippen molar-refractivity contribution in [2.24, 2.45) is 5.73 Å². The van der Waals surface area contributed by atoms with Gasteiger partial charge in [-0.05, 0) is 13.8 Å². The summed E-state index contributed by atoms with van der Waals surface area (Å²) in [6.07, 6.45) is 1.29. The summed E-state index contributed by atoms with van der Waals surface area (Å²) in [6, 6.07) is 0. The Morgan fingerprint density at radius 1 is 1.64 bits per heavy atom. The maximum absolute atomic E-state index is 5.63. The van der Waals surface area contributed by atoms with Crippen molar-refractivity contribution in [2.45, 2.75) is 38.1 Å². The minimum absolute atomic E-state index is 0.118. The molecular formula is C8H17NO2. The van der Waals surface area contributed by atoms with Crippen molar-refractivity contribution in [3.63, 3.8) is 0 Å². The number of rotatable bonds is 2. The molecule has 3 unspecified atom stereocenters. The molecule has 1 aliphatic heterocycles. The lowest BCUT2D eigenvalue weighted by Crippen LogP contribution is -2.45. The average Bonchev–Trinajstić information content (AvgIpc) is 2.27. The van der Waals surface area contributed by atoms with Crippen LogP contribution in [0.2, 0.25) is 0 Å². The zero-order valence-corrected chi connectivity index (χ0v) is 7.46. The Labute approximate surface area is 67.9 Å². The van der Waals surface area contributed by atoms with Crippen LogP contribution in [0.15, 0.2) is 0 Å². The smallest absolute Gasteiger partial charge is 0.108 e. The fourth-order valence-electron chi connectivity index (χ4n) is 1.76. The highest BCUT2D eigenvalue weighted by molar-refractivity contribution is 4.95. The van der Waals surface area contributed by atoms with Crippen molar-refractivity contribution < 1.29 is 9.47 Å². The van der Waals surface area contributed by atoms with Crippen LogP contribution >= 0.6 is 0 Å². The molecule has 0 bridgehead atoms. The molecule has 0 aromatic heterocycles. The molecule has 2 N–H and O–H groups in total. The van der Waals surface area contributed by atoms with E-state index in [1.54, 1.807) is 7.11 Å². The van der Waals surface area contributed by atoms with Crippen LogP contribution in [0, 0.1) is 0 Å². The highest BCUT2D eigenvalue weighted by atomic mass is 16.6. The lowest BCUT2D eigenvalue weighted by Gasteiger charge is -2.28. The van der Waals surface area contributed by atoms with E-state index in [-0.39, 0.29) is 17.8 Å². The number of ether oxygens (including phenoxy) is 2. The van der Waals surface area contributed by atoms with Crippen LogP contribution in [0.25, 0.3) is 0 Å². The van der Waals surface area contributed by atoms with Gasteiger partial charge in [0.25, 0.3) is 0 Å². The van der Waals surface area contributed by atoms with Gasteiger partial charge in [-0.2, -0.15) is 0 Å². The molecule has 66 valence electrons. The van der Waals surface area contributed by atoms with Gasteiger partial charge in [0.05, 0.1) is 12.2 Å². The standard InChI is InChI=1S/C8H17NO2/c1-6-4-8(5-9,10-3)7(2)11-6/h6-7H,4-5,9H2,1-3H3. The summed E-state index contributed by atoms with van der Waals surface area (Å²) in [5.41, 5.74) is 5.39. The minimum atomic E-state index is -0.237. The number of hydrogen-bond acceptors (Lipinski definition) is 3. The molecule has 1 rings (SSSR count). The molecule has 0 radical (unpaired) electrons. The van der Waals surface area contributed by atoms with E-state index in [0.29, 0.717) is 6.54 Å². The Morgan fingerprint density at radius 3 is 2.45 bits per heavy atom. The lowest BCUT2D eigenvalue weighted by atomic mass is 9.95. The molecule has 1 aliphatic rings. The van der Waals surface area contributed by atoms with Gasteiger partial charge in [-0.15, -0.1) is 0 Å². The largest absolute Gasteiger partial charge is 0.374 e. The fourth-order valence-corrected chi connectivity index (χ4v) is 1.76. The SMILES string of the molecule is COC1(CN)CC(C)OC1C. The van der Waals surface area contributed by atoms with Crippen molar-refractivity contribution in [1.82, 2.24) is 0 Å². The fraction of sp³-hybridized carbons (Fsp3) is 1.00. The molecule has 0 spiro atoms. The molecule has 0 amide bonds. The number of methoxy groups -OCH3 is 1. The van der Waals surface area contributed by atoms with Gasteiger partial charge < -0.3 is 15.2 Å². The summed E-state index contributed by atoms with van der Waals surface area (Å²) in [7, 11) is 1.70. The molecule has 0 aromatic carbocycles. The molecule has 3 heteroatoms. The Balaban J connectivity index is 2.67. The van der Waals surface area contributed by atoms with Gasteiger partial charge in [-0.25, -0.2) is 0 Å². The molecule has 1 heterocycles. The van der Waals surface area contributed by atoms with Crippen LogP contribution < -0.4 is 5.73 Å². The molecule has 0 saturated carbocycles. The first kappa shape index (κ1) is 8.97. The average molecular weight is 159 g/mol. The van der Waals surface area contributed by atoms with Crippen LogP contribution in [-0.4, -0.2) is 31.5 Å². The summed E-state index contributed by atoms with van der Waals surface area (Å²) in [4.78, 5) is 0.